The fourth-order valence-corrected chi connectivity index (χ4v) is 8.79. The van der Waals surface area contributed by atoms with Crippen molar-refractivity contribution >= 4 is 83.8 Å². The molecule has 0 spiro atoms. The van der Waals surface area contributed by atoms with Crippen molar-refractivity contribution in [2.45, 2.75) is 6.92 Å². The minimum Gasteiger partial charge on any atom is -0.311 e. The maximum absolute atomic E-state index is 2.61. The molecule has 4 heterocycles. The minimum atomic E-state index is 0.137. The van der Waals surface area contributed by atoms with Crippen molar-refractivity contribution in [3.05, 3.63) is 157 Å². The molecule has 0 atom stereocenters. The zero-order valence-corrected chi connectivity index (χ0v) is 25.9. The fraction of sp³-hybridized carbons (Fsp3) is 0.0233. The van der Waals surface area contributed by atoms with Gasteiger partial charge in [-0.05, 0) is 83.5 Å². The van der Waals surface area contributed by atoms with Gasteiger partial charge in [-0.3, -0.25) is 0 Å². The highest BCUT2D eigenvalue weighted by atomic mass is 15.2. The third kappa shape index (κ3) is 3.17. The van der Waals surface area contributed by atoms with E-state index in [0.29, 0.717) is 0 Å². The van der Waals surface area contributed by atoms with Gasteiger partial charge in [0.05, 0.1) is 16.6 Å². The molecular weight excluding hydrogens is 569 g/mol. The predicted molar refractivity (Wildman–Crippen MR) is 199 cm³/mol. The van der Waals surface area contributed by atoms with Crippen molar-refractivity contribution in [3.8, 4) is 11.4 Å². The molecule has 2 aromatic heterocycles. The third-order valence-corrected chi connectivity index (χ3v) is 10.5. The van der Waals surface area contributed by atoms with Crippen LogP contribution in [0.15, 0.2) is 152 Å². The minimum absolute atomic E-state index is 0.137. The lowest BCUT2D eigenvalue weighted by Gasteiger charge is -2.40. The number of nitrogens with zero attached hydrogens (tertiary/aromatic N) is 3. The second-order valence-electron chi connectivity index (χ2n) is 13.0. The Balaban J connectivity index is 1.35. The maximum atomic E-state index is 2.61. The molecule has 0 aliphatic carbocycles. The van der Waals surface area contributed by atoms with Crippen LogP contribution in [0.2, 0.25) is 0 Å². The van der Waals surface area contributed by atoms with Crippen LogP contribution in [0.5, 0.6) is 0 Å². The zero-order valence-electron chi connectivity index (χ0n) is 25.9. The Morgan fingerprint density at radius 1 is 0.447 bits per heavy atom. The Morgan fingerprint density at radius 3 is 1.96 bits per heavy atom. The van der Waals surface area contributed by atoms with Crippen molar-refractivity contribution in [3.63, 3.8) is 0 Å². The van der Waals surface area contributed by atoms with Crippen molar-refractivity contribution in [1.29, 1.82) is 0 Å². The summed E-state index contributed by atoms with van der Waals surface area (Å²) in [5, 5.41) is 5.19. The standard InChI is InChI=1S/C43H28BN3/c1-27-25-38-41-39(26-27)47-42-30(18-12-20-34(42)44(41)33-19-9-11-22-36(33)46(38)29-15-6-3-7-16-29)31-23-24-37-40(43(31)47)32-17-8-10-21-35(32)45(37)28-13-4-2-5-14-28/h2-26H,1H3. The lowest BCUT2D eigenvalue weighted by molar-refractivity contribution is 1.17. The molecule has 47 heavy (non-hydrogen) atoms. The number of hydrogen-bond acceptors (Lipinski definition) is 1. The van der Waals surface area contributed by atoms with Gasteiger partial charge in [0.25, 0.3) is 6.71 Å². The predicted octanol–water partition coefficient (Wildman–Crippen LogP) is 8.80. The Kier molecular flexibility index (Phi) is 4.86. The van der Waals surface area contributed by atoms with E-state index in [0.717, 1.165) is 0 Å². The number of rotatable bonds is 2. The molecule has 0 fully saturated rings. The molecule has 0 bridgehead atoms. The monoisotopic (exact) mass is 597 g/mol. The van der Waals surface area contributed by atoms with Gasteiger partial charge in [-0.25, -0.2) is 0 Å². The zero-order chi connectivity index (χ0) is 30.8. The van der Waals surface area contributed by atoms with Gasteiger partial charge in [0, 0.05) is 55.5 Å². The highest BCUT2D eigenvalue weighted by molar-refractivity contribution is 7.00. The normalized spacial score (nSPS) is 13.1. The summed E-state index contributed by atoms with van der Waals surface area (Å²) < 4.78 is 5.05. The highest BCUT2D eigenvalue weighted by Crippen LogP contribution is 2.45. The van der Waals surface area contributed by atoms with Crippen molar-refractivity contribution in [2.75, 3.05) is 4.90 Å². The van der Waals surface area contributed by atoms with E-state index in [1.54, 1.807) is 0 Å². The molecule has 11 rings (SSSR count). The first-order valence-corrected chi connectivity index (χ1v) is 16.4. The molecule has 3 nitrogen and oxygen atoms in total. The van der Waals surface area contributed by atoms with Crippen LogP contribution in [0.1, 0.15) is 5.56 Å². The summed E-state index contributed by atoms with van der Waals surface area (Å²) in [6.07, 6.45) is 0. The van der Waals surface area contributed by atoms with Gasteiger partial charge in [0.15, 0.2) is 0 Å². The average molecular weight is 598 g/mol. The smallest absolute Gasteiger partial charge is 0.252 e. The van der Waals surface area contributed by atoms with Gasteiger partial charge in [-0.2, -0.15) is 0 Å². The lowest BCUT2D eigenvalue weighted by Crippen LogP contribution is -2.60. The van der Waals surface area contributed by atoms with Gasteiger partial charge < -0.3 is 14.0 Å². The largest absolute Gasteiger partial charge is 0.311 e. The summed E-state index contributed by atoms with van der Waals surface area (Å²) in [7, 11) is 0. The summed E-state index contributed by atoms with van der Waals surface area (Å²) >= 11 is 0. The van der Waals surface area contributed by atoms with Crippen LogP contribution in [-0.2, 0) is 0 Å². The van der Waals surface area contributed by atoms with Crippen LogP contribution < -0.4 is 21.3 Å². The second-order valence-corrected chi connectivity index (χ2v) is 13.0. The van der Waals surface area contributed by atoms with Crippen LogP contribution in [0.25, 0.3) is 55.0 Å². The number of hydrogen-bond donors (Lipinski definition) is 0. The average Bonchev–Trinajstić information content (AvgIpc) is 3.64. The molecule has 4 heteroatoms. The Morgan fingerprint density at radius 2 is 1.11 bits per heavy atom. The SMILES string of the molecule is Cc1cc2c3c(c1)-n1c4c(cccc4c4ccc5c(c6ccccc6n5-c5ccccc5)c41)B3c1ccccc1N2c1ccccc1. The van der Waals surface area contributed by atoms with Gasteiger partial charge in [-0.1, -0.05) is 97.1 Å². The first-order valence-electron chi connectivity index (χ1n) is 16.4. The molecule has 0 unspecified atom stereocenters. The first kappa shape index (κ1) is 25.2. The van der Waals surface area contributed by atoms with Crippen molar-refractivity contribution < 1.29 is 0 Å². The van der Waals surface area contributed by atoms with E-state index in [1.165, 1.54) is 94.0 Å². The molecule has 0 saturated carbocycles. The molecule has 2 aliphatic heterocycles. The van der Waals surface area contributed by atoms with Crippen molar-refractivity contribution in [1.82, 2.24) is 9.13 Å². The number of aryl methyl sites for hydroxylation is 1. The summed E-state index contributed by atoms with van der Waals surface area (Å²) in [6.45, 7) is 2.38. The lowest BCUT2D eigenvalue weighted by atomic mass is 9.34. The van der Waals surface area contributed by atoms with E-state index < -0.39 is 0 Å². The van der Waals surface area contributed by atoms with E-state index >= 15 is 0 Å². The maximum Gasteiger partial charge on any atom is 0.252 e. The van der Waals surface area contributed by atoms with Crippen LogP contribution in [-0.4, -0.2) is 15.8 Å². The topological polar surface area (TPSA) is 13.1 Å². The molecule has 0 radical (unpaired) electrons. The molecule has 2 aliphatic rings. The van der Waals surface area contributed by atoms with E-state index in [1.807, 2.05) is 0 Å². The molecule has 9 aromatic rings. The van der Waals surface area contributed by atoms with E-state index in [2.05, 4.69) is 173 Å². The molecule has 218 valence electrons. The fourth-order valence-electron chi connectivity index (χ4n) is 8.79. The molecular formula is C43H28BN3. The molecule has 7 aromatic carbocycles. The van der Waals surface area contributed by atoms with Gasteiger partial charge in [0.2, 0.25) is 0 Å². The Hall–Kier alpha value is -6.00. The van der Waals surface area contributed by atoms with Crippen LogP contribution >= 0.6 is 0 Å². The first-order chi connectivity index (χ1) is 23.3. The van der Waals surface area contributed by atoms with Crippen LogP contribution in [0.4, 0.5) is 17.1 Å². The second kappa shape index (κ2) is 9.05. The third-order valence-electron chi connectivity index (χ3n) is 10.5. The number of benzene rings is 7. The summed E-state index contributed by atoms with van der Waals surface area (Å²) in [5.41, 5.74) is 16.6. The van der Waals surface area contributed by atoms with E-state index in [9.17, 15) is 0 Å². The number of aromatic nitrogens is 2. The van der Waals surface area contributed by atoms with Crippen LogP contribution in [0, 0.1) is 6.92 Å². The summed E-state index contributed by atoms with van der Waals surface area (Å²) in [4.78, 5) is 2.48. The number of para-hydroxylation sites is 5. The van der Waals surface area contributed by atoms with E-state index in [4.69, 9.17) is 0 Å². The molecule has 0 N–H and O–H groups in total. The number of fused-ring (bicyclic) bond motifs is 11. The molecule has 0 amide bonds. The van der Waals surface area contributed by atoms with Gasteiger partial charge >= 0.3 is 0 Å². The van der Waals surface area contributed by atoms with Crippen LogP contribution in [0.3, 0.4) is 0 Å². The quantitative estimate of drug-likeness (QED) is 0.182. The molecule has 0 saturated heterocycles. The highest BCUT2D eigenvalue weighted by Gasteiger charge is 2.42. The Labute approximate surface area is 272 Å². The number of anilines is 3. The summed E-state index contributed by atoms with van der Waals surface area (Å²) in [5.74, 6) is 0. The van der Waals surface area contributed by atoms with Gasteiger partial charge in [-0.15, -0.1) is 0 Å². The Bertz CT molecular complexity index is 2760. The summed E-state index contributed by atoms with van der Waals surface area (Å²) in [6, 6.07) is 56.0. The van der Waals surface area contributed by atoms with Gasteiger partial charge in [0.1, 0.15) is 0 Å². The van der Waals surface area contributed by atoms with Crippen molar-refractivity contribution in [2.24, 2.45) is 0 Å². The van der Waals surface area contributed by atoms with E-state index in [-0.39, 0.29) is 6.71 Å².